The molecule has 0 aliphatic heterocycles. The van der Waals surface area contributed by atoms with Gasteiger partial charge < -0.3 is 5.73 Å². The molecule has 0 saturated carbocycles. The van der Waals surface area contributed by atoms with Gasteiger partial charge in [0.2, 0.25) is 0 Å². The van der Waals surface area contributed by atoms with Gasteiger partial charge >= 0.3 is 0 Å². The highest BCUT2D eigenvalue weighted by Crippen LogP contribution is 2.58. The number of hydrogen-bond acceptors (Lipinski definition) is 1. The van der Waals surface area contributed by atoms with Crippen molar-refractivity contribution in [3.63, 3.8) is 0 Å². The van der Waals surface area contributed by atoms with Crippen molar-refractivity contribution in [1.82, 2.24) is 0 Å². The molecule has 1 heteroatoms. The third-order valence-corrected chi connectivity index (χ3v) is 5.68. The molecule has 2 aromatic carbocycles. The smallest absolute Gasteiger partial charge is 0.0212 e. The molecule has 3 aliphatic carbocycles. The molecule has 0 amide bonds. The second kappa shape index (κ2) is 4.71. The van der Waals surface area contributed by atoms with E-state index in [4.69, 9.17) is 5.73 Å². The van der Waals surface area contributed by atoms with E-state index in [9.17, 15) is 0 Å². The highest BCUT2D eigenvalue weighted by atomic mass is 14.5. The number of aryl methyl sites for hydroxylation is 1. The molecule has 21 heavy (non-hydrogen) atoms. The summed E-state index contributed by atoms with van der Waals surface area (Å²) in [6, 6.07) is 16.0. The molecule has 1 nitrogen and oxygen atoms in total. The van der Waals surface area contributed by atoms with Crippen LogP contribution in [-0.2, 0) is 5.41 Å². The molecule has 2 unspecified atom stereocenters. The molecule has 0 fully saturated rings. The fourth-order valence-electron chi connectivity index (χ4n) is 4.92. The lowest BCUT2D eigenvalue weighted by atomic mass is 9.53. The largest absolute Gasteiger partial charge is 0.330 e. The van der Waals surface area contributed by atoms with E-state index in [0.29, 0.717) is 5.92 Å². The van der Waals surface area contributed by atoms with Gasteiger partial charge in [-0.25, -0.2) is 0 Å². The van der Waals surface area contributed by atoms with Crippen molar-refractivity contribution in [3.8, 4) is 0 Å². The van der Waals surface area contributed by atoms with Crippen LogP contribution in [0, 0.1) is 6.92 Å². The maximum absolute atomic E-state index is 5.85. The Morgan fingerprint density at radius 1 is 1.10 bits per heavy atom. The minimum atomic E-state index is 0.214. The van der Waals surface area contributed by atoms with E-state index in [-0.39, 0.29) is 5.41 Å². The minimum Gasteiger partial charge on any atom is -0.330 e. The van der Waals surface area contributed by atoms with Crippen molar-refractivity contribution < 1.29 is 0 Å². The predicted octanol–water partition coefficient (Wildman–Crippen LogP) is 4.26. The molecule has 0 spiro atoms. The highest BCUT2D eigenvalue weighted by Gasteiger charge is 2.48. The fourth-order valence-corrected chi connectivity index (χ4v) is 4.92. The summed E-state index contributed by atoms with van der Waals surface area (Å²) < 4.78 is 0. The van der Waals surface area contributed by atoms with Gasteiger partial charge in [-0.05, 0) is 67.0 Å². The zero-order valence-electron chi connectivity index (χ0n) is 12.7. The van der Waals surface area contributed by atoms with E-state index in [0.717, 1.165) is 13.0 Å². The Morgan fingerprint density at radius 3 is 2.76 bits per heavy atom. The zero-order valence-corrected chi connectivity index (χ0v) is 12.7. The number of hydrogen-bond donors (Lipinski definition) is 1. The normalized spacial score (nSPS) is 25.5. The summed E-state index contributed by atoms with van der Waals surface area (Å²) in [5.41, 5.74) is 13.9. The van der Waals surface area contributed by atoms with Crippen LogP contribution >= 0.6 is 0 Å². The maximum atomic E-state index is 5.85. The second-order valence-corrected chi connectivity index (χ2v) is 6.69. The lowest BCUT2D eigenvalue weighted by Crippen LogP contribution is -2.41. The predicted molar refractivity (Wildman–Crippen MR) is 87.8 cm³/mol. The number of benzene rings is 2. The third kappa shape index (κ3) is 1.67. The third-order valence-electron chi connectivity index (χ3n) is 5.68. The van der Waals surface area contributed by atoms with Gasteiger partial charge in [-0.2, -0.15) is 0 Å². The Labute approximate surface area is 127 Å². The van der Waals surface area contributed by atoms with Crippen LogP contribution in [0.1, 0.15) is 59.4 Å². The topological polar surface area (TPSA) is 26.0 Å². The molecule has 3 aliphatic rings. The molecule has 0 radical (unpaired) electrons. The quantitative estimate of drug-likeness (QED) is 0.891. The first-order valence-electron chi connectivity index (χ1n) is 8.17. The van der Waals surface area contributed by atoms with Gasteiger partial charge in [0.05, 0.1) is 0 Å². The van der Waals surface area contributed by atoms with Crippen molar-refractivity contribution in [1.29, 1.82) is 0 Å². The molecular formula is C20H23N. The van der Waals surface area contributed by atoms with Gasteiger partial charge in [-0.1, -0.05) is 42.5 Å². The molecular weight excluding hydrogens is 254 g/mol. The van der Waals surface area contributed by atoms with Crippen LogP contribution in [0.15, 0.2) is 42.5 Å². The lowest BCUT2D eigenvalue weighted by Gasteiger charge is -2.50. The van der Waals surface area contributed by atoms with Gasteiger partial charge in [0.1, 0.15) is 0 Å². The van der Waals surface area contributed by atoms with Crippen molar-refractivity contribution in [2.24, 2.45) is 5.73 Å². The summed E-state index contributed by atoms with van der Waals surface area (Å²) in [7, 11) is 0. The summed E-state index contributed by atoms with van der Waals surface area (Å²) >= 11 is 0. The first-order chi connectivity index (χ1) is 10.3. The molecule has 2 bridgehead atoms. The first kappa shape index (κ1) is 13.1. The monoisotopic (exact) mass is 277 g/mol. The van der Waals surface area contributed by atoms with E-state index in [1.807, 2.05) is 0 Å². The van der Waals surface area contributed by atoms with Crippen molar-refractivity contribution in [3.05, 3.63) is 70.3 Å². The molecule has 108 valence electrons. The summed E-state index contributed by atoms with van der Waals surface area (Å²) in [4.78, 5) is 0. The number of rotatable bonds is 3. The van der Waals surface area contributed by atoms with Crippen molar-refractivity contribution in [2.75, 3.05) is 6.54 Å². The van der Waals surface area contributed by atoms with Crippen LogP contribution < -0.4 is 5.73 Å². The fraction of sp³-hybridized carbons (Fsp3) is 0.400. The summed E-state index contributed by atoms with van der Waals surface area (Å²) in [5.74, 6) is 0.607. The Kier molecular flexibility index (Phi) is 2.93. The molecule has 0 saturated heterocycles. The highest BCUT2D eigenvalue weighted by molar-refractivity contribution is 5.61. The maximum Gasteiger partial charge on any atom is 0.0212 e. The Hall–Kier alpha value is -1.60. The van der Waals surface area contributed by atoms with Gasteiger partial charge in [0.15, 0.2) is 0 Å². The Bertz CT molecular complexity index is 688. The molecule has 0 aromatic heterocycles. The Morgan fingerprint density at radius 2 is 1.90 bits per heavy atom. The van der Waals surface area contributed by atoms with E-state index in [2.05, 4.69) is 49.4 Å². The van der Waals surface area contributed by atoms with E-state index in [1.165, 1.54) is 24.8 Å². The molecule has 5 rings (SSSR count). The standard InChI is InChI=1S/C20H23N/c1-14-6-4-8-17-15-10-12-20(19(14)17,11-5-13-21)18-9-3-2-7-16(15)18/h2-4,6-9,15H,5,10-13,21H2,1H3. The van der Waals surface area contributed by atoms with Crippen LogP contribution in [0.25, 0.3) is 0 Å². The second-order valence-electron chi connectivity index (χ2n) is 6.69. The van der Waals surface area contributed by atoms with Gasteiger partial charge in [0.25, 0.3) is 0 Å². The average Bonchev–Trinajstić information content (AvgIpc) is 2.54. The Balaban J connectivity index is 2.01. The van der Waals surface area contributed by atoms with Crippen LogP contribution in [0.5, 0.6) is 0 Å². The van der Waals surface area contributed by atoms with Crippen LogP contribution in [-0.4, -0.2) is 6.54 Å². The number of nitrogens with two attached hydrogens (primary N) is 1. The minimum absolute atomic E-state index is 0.214. The van der Waals surface area contributed by atoms with Crippen molar-refractivity contribution >= 4 is 0 Å². The van der Waals surface area contributed by atoms with E-state index < -0.39 is 0 Å². The summed E-state index contributed by atoms with van der Waals surface area (Å²) in [6.07, 6.45) is 4.86. The SMILES string of the molecule is Cc1cccc2c1C1(CCCN)CCC2c2ccccc21. The first-order valence-corrected chi connectivity index (χ1v) is 8.17. The van der Waals surface area contributed by atoms with Crippen LogP contribution in [0.2, 0.25) is 0 Å². The van der Waals surface area contributed by atoms with Crippen LogP contribution in [0.3, 0.4) is 0 Å². The lowest BCUT2D eigenvalue weighted by molar-refractivity contribution is 0.343. The molecule has 0 heterocycles. The zero-order chi connectivity index (χ0) is 14.4. The summed E-state index contributed by atoms with van der Waals surface area (Å²) in [6.45, 7) is 3.07. The molecule has 2 aromatic rings. The molecule has 2 atom stereocenters. The van der Waals surface area contributed by atoms with E-state index in [1.54, 1.807) is 22.3 Å². The number of fused-ring (bicyclic) bond motifs is 1. The van der Waals surface area contributed by atoms with Gasteiger partial charge in [-0.15, -0.1) is 0 Å². The van der Waals surface area contributed by atoms with Crippen molar-refractivity contribution in [2.45, 2.75) is 43.9 Å². The van der Waals surface area contributed by atoms with Crippen LogP contribution in [0.4, 0.5) is 0 Å². The molecule has 2 N–H and O–H groups in total. The van der Waals surface area contributed by atoms with E-state index >= 15 is 0 Å². The summed E-state index contributed by atoms with van der Waals surface area (Å²) in [5, 5.41) is 0. The average molecular weight is 277 g/mol. The van der Waals surface area contributed by atoms with Gasteiger partial charge in [-0.3, -0.25) is 0 Å². The van der Waals surface area contributed by atoms with Gasteiger partial charge in [0, 0.05) is 11.3 Å².